The number of hydrogen-bond donors (Lipinski definition) is 0. The zero-order chi connectivity index (χ0) is 17.5. The average molecular weight is 345 g/mol. The second-order valence-corrected chi connectivity index (χ2v) is 6.26. The van der Waals surface area contributed by atoms with Crippen LogP contribution in [0.2, 0.25) is 0 Å². The standard InChI is InChI=1S/C19H23NO3S/c1-20(13-14-10-11-17(24-4)16(12-14)22-2)19(21)18(23-3)15-8-6-5-7-9-15/h5-12,18H,13H2,1-4H3. The minimum absolute atomic E-state index is 0.0726. The molecule has 5 heteroatoms. The first kappa shape index (κ1) is 18.4. The number of benzene rings is 2. The summed E-state index contributed by atoms with van der Waals surface area (Å²) in [7, 11) is 5.00. The summed E-state index contributed by atoms with van der Waals surface area (Å²) in [5.41, 5.74) is 1.87. The van der Waals surface area contributed by atoms with Gasteiger partial charge in [0.25, 0.3) is 5.91 Å². The van der Waals surface area contributed by atoms with Crippen molar-refractivity contribution in [1.82, 2.24) is 4.90 Å². The molecule has 1 atom stereocenters. The van der Waals surface area contributed by atoms with Crippen molar-refractivity contribution >= 4 is 17.7 Å². The van der Waals surface area contributed by atoms with Gasteiger partial charge in [0.15, 0.2) is 6.10 Å². The topological polar surface area (TPSA) is 38.8 Å². The molecule has 0 aliphatic rings. The zero-order valence-corrected chi connectivity index (χ0v) is 15.3. The number of amides is 1. The van der Waals surface area contributed by atoms with E-state index in [1.54, 1.807) is 37.9 Å². The molecule has 2 aromatic carbocycles. The molecule has 0 aliphatic heterocycles. The molecule has 1 amide bonds. The number of nitrogens with zero attached hydrogens (tertiary/aromatic N) is 1. The highest BCUT2D eigenvalue weighted by atomic mass is 32.2. The second-order valence-electron chi connectivity index (χ2n) is 5.41. The van der Waals surface area contributed by atoms with Crippen LogP contribution in [0.3, 0.4) is 0 Å². The van der Waals surface area contributed by atoms with E-state index < -0.39 is 6.10 Å². The van der Waals surface area contributed by atoms with Crippen molar-refractivity contribution in [2.45, 2.75) is 17.5 Å². The van der Waals surface area contributed by atoms with Crippen molar-refractivity contribution in [3.8, 4) is 5.75 Å². The Kier molecular flexibility index (Phi) is 6.70. The predicted molar refractivity (Wildman–Crippen MR) is 97.4 cm³/mol. The third-order valence-corrected chi connectivity index (χ3v) is 4.58. The molecular formula is C19H23NO3S. The van der Waals surface area contributed by atoms with Gasteiger partial charge in [-0.2, -0.15) is 0 Å². The normalized spacial score (nSPS) is 11.8. The summed E-state index contributed by atoms with van der Waals surface area (Å²) in [6, 6.07) is 15.5. The summed E-state index contributed by atoms with van der Waals surface area (Å²) in [6.07, 6.45) is 1.42. The lowest BCUT2D eigenvalue weighted by Gasteiger charge is -2.23. The number of ether oxygens (including phenoxy) is 2. The smallest absolute Gasteiger partial charge is 0.256 e. The molecule has 2 aromatic rings. The number of carbonyl (C=O) groups is 1. The largest absolute Gasteiger partial charge is 0.496 e. The van der Waals surface area contributed by atoms with Gasteiger partial charge in [-0.3, -0.25) is 4.79 Å². The highest BCUT2D eigenvalue weighted by Gasteiger charge is 2.23. The van der Waals surface area contributed by atoms with Gasteiger partial charge in [0.05, 0.1) is 7.11 Å². The van der Waals surface area contributed by atoms with Gasteiger partial charge >= 0.3 is 0 Å². The summed E-state index contributed by atoms with van der Waals surface area (Å²) in [5, 5.41) is 0. The minimum atomic E-state index is -0.594. The SMILES string of the molecule is COc1cc(CN(C)C(=O)C(OC)c2ccccc2)ccc1SC. The molecular weight excluding hydrogens is 322 g/mol. The maximum Gasteiger partial charge on any atom is 0.256 e. The van der Waals surface area contributed by atoms with Crippen molar-refractivity contribution < 1.29 is 14.3 Å². The van der Waals surface area contributed by atoms with Gasteiger partial charge in [-0.05, 0) is 29.5 Å². The highest BCUT2D eigenvalue weighted by molar-refractivity contribution is 7.98. The van der Waals surface area contributed by atoms with E-state index in [1.165, 1.54) is 0 Å². The number of methoxy groups -OCH3 is 2. The van der Waals surface area contributed by atoms with Crippen molar-refractivity contribution in [2.75, 3.05) is 27.5 Å². The molecule has 0 saturated heterocycles. The van der Waals surface area contributed by atoms with Crippen LogP contribution < -0.4 is 4.74 Å². The second kappa shape index (κ2) is 8.76. The molecule has 0 spiro atoms. The summed E-state index contributed by atoms with van der Waals surface area (Å²) in [6.45, 7) is 0.497. The molecule has 24 heavy (non-hydrogen) atoms. The summed E-state index contributed by atoms with van der Waals surface area (Å²) >= 11 is 1.63. The highest BCUT2D eigenvalue weighted by Crippen LogP contribution is 2.29. The lowest BCUT2D eigenvalue weighted by molar-refractivity contribution is -0.141. The number of thioether (sulfide) groups is 1. The Hall–Kier alpha value is -1.98. The van der Waals surface area contributed by atoms with Crippen molar-refractivity contribution in [3.63, 3.8) is 0 Å². The molecule has 4 nitrogen and oxygen atoms in total. The fourth-order valence-corrected chi connectivity index (χ4v) is 3.09. The van der Waals surface area contributed by atoms with Gasteiger partial charge in [0, 0.05) is 25.6 Å². The monoisotopic (exact) mass is 345 g/mol. The molecule has 0 N–H and O–H groups in total. The maximum atomic E-state index is 12.7. The van der Waals surface area contributed by atoms with Gasteiger partial charge in [-0.25, -0.2) is 0 Å². The Bertz CT molecular complexity index is 676. The van der Waals surface area contributed by atoms with E-state index in [0.29, 0.717) is 6.54 Å². The third kappa shape index (κ3) is 4.30. The summed E-state index contributed by atoms with van der Waals surface area (Å²) in [4.78, 5) is 15.5. The first-order chi connectivity index (χ1) is 11.6. The van der Waals surface area contributed by atoms with E-state index >= 15 is 0 Å². The molecule has 0 fully saturated rings. The van der Waals surface area contributed by atoms with Crippen molar-refractivity contribution in [1.29, 1.82) is 0 Å². The maximum absolute atomic E-state index is 12.7. The minimum Gasteiger partial charge on any atom is -0.496 e. The quantitative estimate of drug-likeness (QED) is 0.716. The van der Waals surface area contributed by atoms with Crippen LogP contribution in [0.15, 0.2) is 53.4 Å². The summed E-state index contributed by atoms with van der Waals surface area (Å²) < 4.78 is 10.8. The number of carbonyl (C=O) groups excluding carboxylic acids is 1. The zero-order valence-electron chi connectivity index (χ0n) is 14.5. The van der Waals surface area contributed by atoms with Crippen LogP contribution in [0.5, 0.6) is 5.75 Å². The molecule has 0 aliphatic carbocycles. The Morgan fingerprint density at radius 3 is 2.46 bits per heavy atom. The lowest BCUT2D eigenvalue weighted by atomic mass is 10.1. The fraction of sp³-hybridized carbons (Fsp3) is 0.316. The van der Waals surface area contributed by atoms with E-state index in [4.69, 9.17) is 9.47 Å². The Labute approximate surface area is 147 Å². The van der Waals surface area contributed by atoms with Crippen LogP contribution in [0.4, 0.5) is 0 Å². The van der Waals surface area contributed by atoms with E-state index in [9.17, 15) is 4.79 Å². The van der Waals surface area contributed by atoms with Gasteiger partial charge in [0.2, 0.25) is 0 Å². The lowest BCUT2D eigenvalue weighted by Crippen LogP contribution is -2.32. The van der Waals surface area contributed by atoms with E-state index in [2.05, 4.69) is 0 Å². The van der Waals surface area contributed by atoms with Crippen LogP contribution in [0, 0.1) is 0 Å². The number of hydrogen-bond acceptors (Lipinski definition) is 4. The molecule has 0 saturated carbocycles. The average Bonchev–Trinajstić information content (AvgIpc) is 2.63. The molecule has 0 bridgehead atoms. The first-order valence-electron chi connectivity index (χ1n) is 7.64. The van der Waals surface area contributed by atoms with Crippen LogP contribution in [0.1, 0.15) is 17.2 Å². The summed E-state index contributed by atoms with van der Waals surface area (Å²) in [5.74, 6) is 0.754. The van der Waals surface area contributed by atoms with E-state index in [-0.39, 0.29) is 5.91 Å². The number of likely N-dealkylation sites (N-methyl/N-ethyl adjacent to an activating group) is 1. The Morgan fingerprint density at radius 1 is 1.17 bits per heavy atom. The van der Waals surface area contributed by atoms with Crippen LogP contribution in [-0.4, -0.2) is 38.3 Å². The molecule has 0 aromatic heterocycles. The van der Waals surface area contributed by atoms with Crippen LogP contribution in [0.25, 0.3) is 0 Å². The van der Waals surface area contributed by atoms with Crippen LogP contribution >= 0.6 is 11.8 Å². The molecule has 2 rings (SSSR count). The Balaban J connectivity index is 2.13. The van der Waals surface area contributed by atoms with E-state index in [0.717, 1.165) is 21.8 Å². The van der Waals surface area contributed by atoms with Crippen LogP contribution in [-0.2, 0) is 16.1 Å². The molecule has 0 heterocycles. The predicted octanol–water partition coefficient (Wildman–Crippen LogP) is 3.76. The molecule has 128 valence electrons. The molecule has 1 unspecified atom stereocenters. The molecule has 0 radical (unpaired) electrons. The van der Waals surface area contributed by atoms with Crippen molar-refractivity contribution in [2.24, 2.45) is 0 Å². The van der Waals surface area contributed by atoms with Crippen molar-refractivity contribution in [3.05, 3.63) is 59.7 Å². The van der Waals surface area contributed by atoms with Gasteiger partial charge in [0.1, 0.15) is 5.75 Å². The Morgan fingerprint density at radius 2 is 1.88 bits per heavy atom. The van der Waals surface area contributed by atoms with Gasteiger partial charge < -0.3 is 14.4 Å². The van der Waals surface area contributed by atoms with Gasteiger partial charge in [-0.1, -0.05) is 36.4 Å². The van der Waals surface area contributed by atoms with E-state index in [1.807, 2.05) is 54.8 Å². The number of rotatable bonds is 7. The fourth-order valence-electron chi connectivity index (χ4n) is 2.54. The third-order valence-electron chi connectivity index (χ3n) is 3.81. The first-order valence-corrected chi connectivity index (χ1v) is 8.86. The van der Waals surface area contributed by atoms with Gasteiger partial charge in [-0.15, -0.1) is 11.8 Å².